The molecule has 0 atom stereocenters. The van der Waals surface area contributed by atoms with Gasteiger partial charge in [0, 0.05) is 6.54 Å². The van der Waals surface area contributed by atoms with Crippen LogP contribution in [0.15, 0.2) is 24.4 Å². The van der Waals surface area contributed by atoms with E-state index in [0.29, 0.717) is 29.8 Å². The molecule has 0 unspecified atom stereocenters. The third kappa shape index (κ3) is 5.27. The Labute approximate surface area is 159 Å². The van der Waals surface area contributed by atoms with Gasteiger partial charge in [0.05, 0.1) is 17.9 Å². The highest BCUT2D eigenvalue weighted by atomic mass is 16.5. The molecular formula is C19H28N6O2. The number of nitrogens with zero attached hydrogens (tertiary/aromatic N) is 4. The van der Waals surface area contributed by atoms with Gasteiger partial charge in [0.2, 0.25) is 0 Å². The molecule has 0 radical (unpaired) electrons. The van der Waals surface area contributed by atoms with Crippen molar-refractivity contribution in [3.63, 3.8) is 0 Å². The van der Waals surface area contributed by atoms with Gasteiger partial charge in [-0.15, -0.1) is 5.10 Å². The first-order chi connectivity index (χ1) is 13.0. The molecule has 0 bridgehead atoms. The fraction of sp³-hybridized carbons (Fsp3) is 0.526. The molecule has 0 saturated carbocycles. The number of amides is 1. The quantitative estimate of drug-likeness (QED) is 0.770. The predicted molar refractivity (Wildman–Crippen MR) is 104 cm³/mol. The van der Waals surface area contributed by atoms with Crippen molar-refractivity contribution in [2.45, 2.75) is 25.8 Å². The van der Waals surface area contributed by atoms with Crippen molar-refractivity contribution in [3.8, 4) is 5.75 Å². The number of hydrogen-bond donors (Lipinski definition) is 2. The van der Waals surface area contributed by atoms with Crippen LogP contribution in [0.4, 0.5) is 5.69 Å². The van der Waals surface area contributed by atoms with Gasteiger partial charge in [-0.3, -0.25) is 4.79 Å². The molecule has 1 aromatic carbocycles. The van der Waals surface area contributed by atoms with Crippen LogP contribution in [0.25, 0.3) is 0 Å². The zero-order valence-electron chi connectivity index (χ0n) is 16.2. The van der Waals surface area contributed by atoms with E-state index in [1.165, 1.54) is 0 Å². The van der Waals surface area contributed by atoms with E-state index in [1.807, 2.05) is 44.1 Å². The zero-order chi connectivity index (χ0) is 19.2. The molecule has 27 heavy (non-hydrogen) atoms. The van der Waals surface area contributed by atoms with Crippen LogP contribution in [0, 0.1) is 6.92 Å². The average molecular weight is 372 g/mol. The summed E-state index contributed by atoms with van der Waals surface area (Å²) in [5.74, 6) is 0.382. The molecule has 146 valence electrons. The Morgan fingerprint density at radius 2 is 2.15 bits per heavy atom. The summed E-state index contributed by atoms with van der Waals surface area (Å²) >= 11 is 0. The first-order valence-electron chi connectivity index (χ1n) is 9.35. The summed E-state index contributed by atoms with van der Waals surface area (Å²) in [6.07, 6.45) is 3.71. The van der Waals surface area contributed by atoms with Gasteiger partial charge in [0.1, 0.15) is 12.4 Å². The molecular weight excluding hydrogens is 344 g/mol. The number of ether oxygens (including phenoxy) is 1. The lowest BCUT2D eigenvalue weighted by atomic mass is 10.1. The molecule has 0 aliphatic carbocycles. The number of aromatic nitrogens is 3. The molecule has 1 aliphatic rings. The molecule has 1 aliphatic heterocycles. The average Bonchev–Trinajstić information content (AvgIpc) is 3.14. The maximum Gasteiger partial charge on any atom is 0.277 e. The topological polar surface area (TPSA) is 84.3 Å². The van der Waals surface area contributed by atoms with Crippen LogP contribution in [-0.4, -0.2) is 66.1 Å². The summed E-state index contributed by atoms with van der Waals surface area (Å²) in [5, 5.41) is 14.4. The van der Waals surface area contributed by atoms with E-state index in [-0.39, 0.29) is 5.91 Å². The predicted octanol–water partition coefficient (Wildman–Crippen LogP) is 1.70. The highest BCUT2D eigenvalue weighted by Crippen LogP contribution is 2.26. The van der Waals surface area contributed by atoms with E-state index < -0.39 is 0 Å². The Kier molecular flexibility index (Phi) is 6.41. The first-order valence-corrected chi connectivity index (χ1v) is 9.35. The maximum atomic E-state index is 12.6. The summed E-state index contributed by atoms with van der Waals surface area (Å²) in [4.78, 5) is 14.7. The number of rotatable bonds is 7. The highest BCUT2D eigenvalue weighted by molar-refractivity contribution is 6.03. The molecule has 1 aromatic heterocycles. The minimum atomic E-state index is -0.281. The number of aryl methyl sites for hydroxylation is 1. The van der Waals surface area contributed by atoms with E-state index in [2.05, 4.69) is 20.9 Å². The molecule has 1 amide bonds. The molecule has 8 nitrogen and oxygen atoms in total. The van der Waals surface area contributed by atoms with Crippen LogP contribution >= 0.6 is 0 Å². The Bertz CT molecular complexity index is 767. The lowest BCUT2D eigenvalue weighted by molar-refractivity contribution is 0.102. The molecule has 2 heterocycles. The van der Waals surface area contributed by atoms with Crippen LogP contribution in [0.1, 0.15) is 34.9 Å². The summed E-state index contributed by atoms with van der Waals surface area (Å²) < 4.78 is 7.67. The van der Waals surface area contributed by atoms with Gasteiger partial charge in [0.15, 0.2) is 5.69 Å². The van der Waals surface area contributed by atoms with Crippen LogP contribution < -0.4 is 15.4 Å². The molecule has 3 rings (SSSR count). The van der Waals surface area contributed by atoms with Gasteiger partial charge in [0.25, 0.3) is 5.91 Å². The fourth-order valence-electron chi connectivity index (χ4n) is 3.01. The number of likely N-dealkylation sites (N-methyl/N-ethyl adjacent to an activating group) is 1. The van der Waals surface area contributed by atoms with E-state index in [9.17, 15) is 4.79 Å². The van der Waals surface area contributed by atoms with Crippen molar-refractivity contribution in [2.24, 2.45) is 0 Å². The largest absolute Gasteiger partial charge is 0.490 e. The molecule has 1 saturated heterocycles. The summed E-state index contributed by atoms with van der Waals surface area (Å²) in [6, 6.07) is 6.03. The van der Waals surface area contributed by atoms with E-state index >= 15 is 0 Å². The number of nitrogens with one attached hydrogen (secondary N) is 2. The first kappa shape index (κ1) is 19.3. The Morgan fingerprint density at radius 3 is 2.89 bits per heavy atom. The van der Waals surface area contributed by atoms with Crippen LogP contribution in [0.5, 0.6) is 5.75 Å². The zero-order valence-corrected chi connectivity index (χ0v) is 16.2. The van der Waals surface area contributed by atoms with Crippen molar-refractivity contribution >= 4 is 11.6 Å². The number of carbonyl (C=O) groups is 1. The normalized spacial score (nSPS) is 15.1. The number of piperidine rings is 1. The van der Waals surface area contributed by atoms with E-state index in [1.54, 1.807) is 10.9 Å². The Hall–Kier alpha value is -2.45. The molecule has 2 N–H and O–H groups in total. The fourth-order valence-corrected chi connectivity index (χ4v) is 3.01. The van der Waals surface area contributed by atoms with Gasteiger partial charge in [-0.25, -0.2) is 4.68 Å². The van der Waals surface area contributed by atoms with Crippen LogP contribution in [-0.2, 0) is 0 Å². The number of benzene rings is 1. The van der Waals surface area contributed by atoms with Gasteiger partial charge < -0.3 is 20.3 Å². The van der Waals surface area contributed by atoms with Gasteiger partial charge in [-0.2, -0.15) is 0 Å². The molecule has 0 spiro atoms. The van der Waals surface area contributed by atoms with E-state index in [4.69, 9.17) is 4.74 Å². The highest BCUT2D eigenvalue weighted by Gasteiger charge is 2.19. The minimum Gasteiger partial charge on any atom is -0.490 e. The summed E-state index contributed by atoms with van der Waals surface area (Å²) in [7, 11) is 3.99. The van der Waals surface area contributed by atoms with Crippen LogP contribution in [0.2, 0.25) is 0 Å². The van der Waals surface area contributed by atoms with Crippen molar-refractivity contribution in [3.05, 3.63) is 35.7 Å². The van der Waals surface area contributed by atoms with Crippen molar-refractivity contribution in [1.29, 1.82) is 0 Å². The Morgan fingerprint density at radius 1 is 1.37 bits per heavy atom. The minimum absolute atomic E-state index is 0.281. The van der Waals surface area contributed by atoms with Gasteiger partial charge in [-0.05, 0) is 64.6 Å². The standard InChI is InChI=1S/C19H28N6O2/c1-14-4-5-16(18(12-14)27-11-10-24(2)3)21-19(26)17-13-25(23-22-17)15-6-8-20-9-7-15/h4-5,12-13,15,20H,6-11H2,1-3H3,(H,21,26). The monoisotopic (exact) mass is 372 g/mol. The van der Waals surface area contributed by atoms with E-state index in [0.717, 1.165) is 38.0 Å². The van der Waals surface area contributed by atoms with Gasteiger partial charge >= 0.3 is 0 Å². The number of hydrogen-bond acceptors (Lipinski definition) is 6. The second-order valence-electron chi connectivity index (χ2n) is 7.17. The molecule has 2 aromatic rings. The summed E-state index contributed by atoms with van der Waals surface area (Å²) in [6.45, 7) is 5.26. The van der Waals surface area contributed by atoms with Crippen LogP contribution in [0.3, 0.4) is 0 Å². The van der Waals surface area contributed by atoms with Crippen molar-refractivity contribution in [1.82, 2.24) is 25.2 Å². The van der Waals surface area contributed by atoms with Gasteiger partial charge in [-0.1, -0.05) is 11.3 Å². The third-order valence-corrected chi connectivity index (χ3v) is 4.61. The second-order valence-corrected chi connectivity index (χ2v) is 7.17. The Balaban J connectivity index is 1.67. The SMILES string of the molecule is Cc1ccc(NC(=O)c2cn(C3CCNCC3)nn2)c(OCCN(C)C)c1. The molecule has 1 fully saturated rings. The lowest BCUT2D eigenvalue weighted by Crippen LogP contribution is -2.29. The van der Waals surface area contributed by atoms with Crippen molar-refractivity contribution in [2.75, 3.05) is 45.7 Å². The maximum absolute atomic E-state index is 12.6. The second kappa shape index (κ2) is 8.96. The number of carbonyl (C=O) groups excluding carboxylic acids is 1. The third-order valence-electron chi connectivity index (χ3n) is 4.61. The smallest absolute Gasteiger partial charge is 0.277 e. The summed E-state index contributed by atoms with van der Waals surface area (Å²) in [5.41, 5.74) is 2.03. The van der Waals surface area contributed by atoms with Crippen molar-refractivity contribution < 1.29 is 9.53 Å². The lowest BCUT2D eigenvalue weighted by Gasteiger charge is -2.22. The molecule has 8 heteroatoms. The number of anilines is 1.